The number of hydrogen-bond acceptors (Lipinski definition) is 3. The molecule has 0 aliphatic carbocycles. The van der Waals surface area contributed by atoms with Crippen molar-refractivity contribution in [2.75, 3.05) is 19.8 Å². The van der Waals surface area contributed by atoms with Crippen molar-refractivity contribution < 1.29 is 4.74 Å². The van der Waals surface area contributed by atoms with Crippen LogP contribution in [0.2, 0.25) is 5.15 Å². The van der Waals surface area contributed by atoms with Gasteiger partial charge in [0.25, 0.3) is 0 Å². The van der Waals surface area contributed by atoms with Crippen molar-refractivity contribution in [3.8, 4) is 0 Å². The van der Waals surface area contributed by atoms with Crippen molar-refractivity contribution in [1.29, 1.82) is 0 Å². The fourth-order valence-electron chi connectivity index (χ4n) is 1.06. The van der Waals surface area contributed by atoms with Gasteiger partial charge in [0, 0.05) is 31.5 Å². The van der Waals surface area contributed by atoms with E-state index in [1.807, 2.05) is 19.1 Å². The summed E-state index contributed by atoms with van der Waals surface area (Å²) in [5.74, 6) is 0. The van der Waals surface area contributed by atoms with Gasteiger partial charge in [0.15, 0.2) is 0 Å². The average Bonchev–Trinajstić information content (AvgIpc) is 2.20. The van der Waals surface area contributed by atoms with Crippen LogP contribution in [0.1, 0.15) is 12.5 Å². The highest BCUT2D eigenvalue weighted by Crippen LogP contribution is 2.10. The molecule has 3 nitrogen and oxygen atoms in total. The SMILES string of the molecule is CCOCCNCc1cccnc1Cl. The lowest BCUT2D eigenvalue weighted by Gasteiger charge is -2.05. The second-order valence-electron chi connectivity index (χ2n) is 2.83. The lowest BCUT2D eigenvalue weighted by Crippen LogP contribution is -2.19. The third kappa shape index (κ3) is 4.05. The van der Waals surface area contributed by atoms with Gasteiger partial charge >= 0.3 is 0 Å². The van der Waals surface area contributed by atoms with E-state index in [0.717, 1.165) is 31.9 Å². The van der Waals surface area contributed by atoms with E-state index in [2.05, 4.69) is 10.3 Å². The molecule has 0 aliphatic heterocycles. The van der Waals surface area contributed by atoms with Crippen LogP contribution in [0.15, 0.2) is 18.3 Å². The fourth-order valence-corrected chi connectivity index (χ4v) is 1.25. The minimum absolute atomic E-state index is 0.566. The van der Waals surface area contributed by atoms with Crippen molar-refractivity contribution in [3.63, 3.8) is 0 Å². The Hall–Kier alpha value is -0.640. The van der Waals surface area contributed by atoms with E-state index in [1.54, 1.807) is 6.20 Å². The van der Waals surface area contributed by atoms with Crippen LogP contribution in [0.3, 0.4) is 0 Å². The van der Waals surface area contributed by atoms with Crippen LogP contribution in [-0.2, 0) is 11.3 Å². The monoisotopic (exact) mass is 214 g/mol. The highest BCUT2D eigenvalue weighted by atomic mass is 35.5. The summed E-state index contributed by atoms with van der Waals surface area (Å²) in [5, 5.41) is 3.79. The lowest BCUT2D eigenvalue weighted by atomic mass is 10.3. The first kappa shape index (κ1) is 11.4. The summed E-state index contributed by atoms with van der Waals surface area (Å²) in [6.45, 7) is 5.04. The van der Waals surface area contributed by atoms with Crippen LogP contribution >= 0.6 is 11.6 Å². The first-order chi connectivity index (χ1) is 6.84. The molecule has 1 rings (SSSR count). The Labute approximate surface area is 89.4 Å². The first-order valence-electron chi connectivity index (χ1n) is 4.72. The van der Waals surface area contributed by atoms with Gasteiger partial charge in [-0.15, -0.1) is 0 Å². The fraction of sp³-hybridized carbons (Fsp3) is 0.500. The summed E-state index contributed by atoms with van der Waals surface area (Å²) < 4.78 is 5.19. The zero-order chi connectivity index (χ0) is 10.2. The first-order valence-corrected chi connectivity index (χ1v) is 5.10. The third-order valence-electron chi connectivity index (χ3n) is 1.78. The van der Waals surface area contributed by atoms with Crippen LogP contribution in [0.4, 0.5) is 0 Å². The predicted octanol–water partition coefficient (Wildman–Crippen LogP) is 1.86. The van der Waals surface area contributed by atoms with Crippen LogP contribution < -0.4 is 5.32 Å². The summed E-state index contributed by atoms with van der Waals surface area (Å²) in [5.41, 5.74) is 1.02. The molecule has 0 saturated carbocycles. The molecule has 0 bridgehead atoms. The topological polar surface area (TPSA) is 34.1 Å². The van der Waals surface area contributed by atoms with Gasteiger partial charge in [0.05, 0.1) is 6.61 Å². The predicted molar refractivity (Wildman–Crippen MR) is 57.4 cm³/mol. The van der Waals surface area contributed by atoms with E-state index in [9.17, 15) is 0 Å². The maximum Gasteiger partial charge on any atom is 0.133 e. The number of rotatable bonds is 6. The van der Waals surface area contributed by atoms with Crippen LogP contribution in [0.25, 0.3) is 0 Å². The molecule has 4 heteroatoms. The number of nitrogens with one attached hydrogen (secondary N) is 1. The summed E-state index contributed by atoms with van der Waals surface area (Å²) >= 11 is 5.88. The summed E-state index contributed by atoms with van der Waals surface area (Å²) in [4.78, 5) is 3.99. The third-order valence-corrected chi connectivity index (χ3v) is 2.12. The van der Waals surface area contributed by atoms with Crippen molar-refractivity contribution in [2.24, 2.45) is 0 Å². The molecule has 0 atom stereocenters. The maximum atomic E-state index is 5.88. The molecule has 1 heterocycles. The molecule has 1 aromatic rings. The minimum Gasteiger partial charge on any atom is -0.380 e. The molecule has 1 aromatic heterocycles. The second kappa shape index (κ2) is 6.76. The van der Waals surface area contributed by atoms with Crippen molar-refractivity contribution in [3.05, 3.63) is 29.0 Å². The molecular formula is C10H15ClN2O. The Kier molecular flexibility index (Phi) is 5.52. The van der Waals surface area contributed by atoms with Gasteiger partial charge in [-0.2, -0.15) is 0 Å². The number of ether oxygens (including phenoxy) is 1. The van der Waals surface area contributed by atoms with Gasteiger partial charge in [0.2, 0.25) is 0 Å². The van der Waals surface area contributed by atoms with Gasteiger partial charge < -0.3 is 10.1 Å². The van der Waals surface area contributed by atoms with Crippen LogP contribution in [-0.4, -0.2) is 24.7 Å². The quantitative estimate of drug-likeness (QED) is 0.580. The van der Waals surface area contributed by atoms with E-state index in [1.165, 1.54) is 0 Å². The van der Waals surface area contributed by atoms with E-state index in [-0.39, 0.29) is 0 Å². The van der Waals surface area contributed by atoms with Gasteiger partial charge in [-0.05, 0) is 13.0 Å². The number of aromatic nitrogens is 1. The molecule has 0 saturated heterocycles. The van der Waals surface area contributed by atoms with Gasteiger partial charge in [0.1, 0.15) is 5.15 Å². The van der Waals surface area contributed by atoms with E-state index < -0.39 is 0 Å². The van der Waals surface area contributed by atoms with Gasteiger partial charge in [-0.3, -0.25) is 0 Å². The molecule has 0 spiro atoms. The molecule has 0 unspecified atom stereocenters. The largest absolute Gasteiger partial charge is 0.380 e. The van der Waals surface area contributed by atoms with Gasteiger partial charge in [-0.25, -0.2) is 4.98 Å². The Balaban J connectivity index is 2.21. The molecule has 78 valence electrons. The number of nitrogens with zero attached hydrogens (tertiary/aromatic N) is 1. The smallest absolute Gasteiger partial charge is 0.133 e. The van der Waals surface area contributed by atoms with Crippen LogP contribution in [0, 0.1) is 0 Å². The van der Waals surface area contributed by atoms with E-state index >= 15 is 0 Å². The number of halogens is 1. The molecule has 0 aromatic carbocycles. The van der Waals surface area contributed by atoms with E-state index in [4.69, 9.17) is 16.3 Å². The van der Waals surface area contributed by atoms with Crippen molar-refractivity contribution in [1.82, 2.24) is 10.3 Å². The molecule has 0 aliphatic rings. The zero-order valence-corrected chi connectivity index (χ0v) is 9.05. The normalized spacial score (nSPS) is 10.4. The van der Waals surface area contributed by atoms with Gasteiger partial charge in [-0.1, -0.05) is 17.7 Å². The Morgan fingerprint density at radius 3 is 3.14 bits per heavy atom. The summed E-state index contributed by atoms with van der Waals surface area (Å²) in [6, 6.07) is 3.84. The molecule has 0 radical (unpaired) electrons. The molecular weight excluding hydrogens is 200 g/mol. The average molecular weight is 215 g/mol. The lowest BCUT2D eigenvalue weighted by molar-refractivity contribution is 0.149. The Morgan fingerprint density at radius 1 is 1.57 bits per heavy atom. The standard InChI is InChI=1S/C10H15ClN2O/c1-2-14-7-6-12-8-9-4-3-5-13-10(9)11/h3-5,12H,2,6-8H2,1H3. The summed E-state index contributed by atoms with van der Waals surface area (Å²) in [7, 11) is 0. The van der Waals surface area contributed by atoms with E-state index in [0.29, 0.717) is 5.15 Å². The Morgan fingerprint density at radius 2 is 2.43 bits per heavy atom. The maximum absolute atomic E-state index is 5.88. The van der Waals surface area contributed by atoms with Crippen LogP contribution in [0.5, 0.6) is 0 Å². The molecule has 14 heavy (non-hydrogen) atoms. The summed E-state index contributed by atoms with van der Waals surface area (Å²) in [6.07, 6.45) is 1.69. The zero-order valence-electron chi connectivity index (χ0n) is 8.29. The second-order valence-corrected chi connectivity index (χ2v) is 3.19. The molecule has 0 fully saturated rings. The Bertz CT molecular complexity index is 268. The highest BCUT2D eigenvalue weighted by Gasteiger charge is 1.98. The minimum atomic E-state index is 0.566. The molecule has 1 N–H and O–H groups in total. The number of hydrogen-bond donors (Lipinski definition) is 1. The van der Waals surface area contributed by atoms with Crippen molar-refractivity contribution >= 4 is 11.6 Å². The number of pyridine rings is 1. The van der Waals surface area contributed by atoms with Crippen molar-refractivity contribution in [2.45, 2.75) is 13.5 Å². The highest BCUT2D eigenvalue weighted by molar-refractivity contribution is 6.30. The molecule has 0 amide bonds.